The molecule has 0 bridgehead atoms. The molecule has 0 aromatic heterocycles. The Morgan fingerprint density at radius 1 is 0.875 bits per heavy atom. The number of rotatable bonds is 4. The van der Waals surface area contributed by atoms with Crippen LogP contribution in [0.5, 0.6) is 5.75 Å². The largest absolute Gasteiger partial charge is 0.507 e. The van der Waals surface area contributed by atoms with E-state index >= 15 is 0 Å². The third-order valence-corrected chi connectivity index (χ3v) is 5.11. The van der Waals surface area contributed by atoms with Gasteiger partial charge >= 0.3 is 0 Å². The highest BCUT2D eigenvalue weighted by Gasteiger charge is 2.19. The van der Waals surface area contributed by atoms with Crippen molar-refractivity contribution in [2.45, 2.75) is 11.4 Å². The van der Waals surface area contributed by atoms with Crippen LogP contribution in [0.2, 0.25) is 0 Å². The van der Waals surface area contributed by atoms with Crippen LogP contribution in [-0.2, 0) is 16.6 Å². The summed E-state index contributed by atoms with van der Waals surface area (Å²) in [6.07, 6.45) is 0. The molecule has 3 aromatic carbocycles. The Hall–Kier alpha value is -2.51. The van der Waals surface area contributed by atoms with Crippen LogP contribution < -0.4 is 4.72 Å². The van der Waals surface area contributed by atoms with Crippen LogP contribution in [0.4, 0.5) is 8.78 Å². The number of phenolic OH excluding ortho intramolecular Hbond substituents is 1. The zero-order valence-electron chi connectivity index (χ0n) is 12.3. The van der Waals surface area contributed by atoms with E-state index in [-0.39, 0.29) is 16.2 Å². The van der Waals surface area contributed by atoms with E-state index < -0.39 is 28.2 Å². The molecule has 0 amide bonds. The fourth-order valence-corrected chi connectivity index (χ4v) is 3.66. The van der Waals surface area contributed by atoms with Gasteiger partial charge in [-0.2, -0.15) is 0 Å². The number of fused-ring (bicyclic) bond motifs is 1. The van der Waals surface area contributed by atoms with Crippen LogP contribution >= 0.6 is 0 Å². The van der Waals surface area contributed by atoms with Gasteiger partial charge in [-0.1, -0.05) is 30.3 Å². The second kappa shape index (κ2) is 6.18. The van der Waals surface area contributed by atoms with Gasteiger partial charge in [-0.3, -0.25) is 0 Å². The molecule has 0 fully saturated rings. The lowest BCUT2D eigenvalue weighted by atomic mass is 10.1. The van der Waals surface area contributed by atoms with Gasteiger partial charge in [0.1, 0.15) is 17.4 Å². The van der Waals surface area contributed by atoms with Crippen LogP contribution in [0.3, 0.4) is 0 Å². The van der Waals surface area contributed by atoms with E-state index in [1.165, 1.54) is 30.3 Å². The molecule has 0 saturated heterocycles. The molecule has 0 aliphatic heterocycles. The average Bonchev–Trinajstić information content (AvgIpc) is 2.54. The van der Waals surface area contributed by atoms with E-state index in [1.807, 2.05) is 0 Å². The van der Waals surface area contributed by atoms with E-state index in [0.29, 0.717) is 10.8 Å². The first-order valence-corrected chi connectivity index (χ1v) is 8.52. The Kier molecular flexibility index (Phi) is 4.21. The number of benzene rings is 3. The second-order valence-electron chi connectivity index (χ2n) is 5.15. The van der Waals surface area contributed by atoms with E-state index in [9.17, 15) is 22.3 Å². The van der Waals surface area contributed by atoms with E-state index in [1.54, 1.807) is 12.1 Å². The summed E-state index contributed by atoms with van der Waals surface area (Å²) in [6.45, 7) is -0.518. The number of phenols is 1. The van der Waals surface area contributed by atoms with Gasteiger partial charge < -0.3 is 5.11 Å². The Balaban J connectivity index is 1.99. The van der Waals surface area contributed by atoms with Crippen molar-refractivity contribution in [1.29, 1.82) is 0 Å². The molecule has 3 aromatic rings. The predicted octanol–water partition coefficient (Wildman–Crippen LogP) is 3.30. The van der Waals surface area contributed by atoms with E-state index in [2.05, 4.69) is 4.72 Å². The molecular formula is C17H13F2NO3S. The number of halogens is 2. The first-order chi connectivity index (χ1) is 11.4. The summed E-state index contributed by atoms with van der Waals surface area (Å²) < 4.78 is 54.5. The molecule has 24 heavy (non-hydrogen) atoms. The third kappa shape index (κ3) is 2.95. The van der Waals surface area contributed by atoms with Crippen molar-refractivity contribution < 1.29 is 22.3 Å². The van der Waals surface area contributed by atoms with Gasteiger partial charge in [-0.25, -0.2) is 21.9 Å². The first-order valence-electron chi connectivity index (χ1n) is 7.03. The summed E-state index contributed by atoms with van der Waals surface area (Å²) >= 11 is 0. The number of hydrogen-bond acceptors (Lipinski definition) is 3. The van der Waals surface area contributed by atoms with Gasteiger partial charge in [0, 0.05) is 22.9 Å². The molecule has 0 radical (unpaired) electrons. The normalized spacial score (nSPS) is 11.8. The van der Waals surface area contributed by atoms with Crippen LogP contribution in [0.15, 0.2) is 59.5 Å². The molecule has 0 aliphatic carbocycles. The van der Waals surface area contributed by atoms with Crippen molar-refractivity contribution >= 4 is 20.8 Å². The van der Waals surface area contributed by atoms with Crippen molar-refractivity contribution in [1.82, 2.24) is 4.72 Å². The molecular weight excluding hydrogens is 336 g/mol. The highest BCUT2D eigenvalue weighted by molar-refractivity contribution is 7.89. The minimum Gasteiger partial charge on any atom is -0.507 e. The summed E-state index contributed by atoms with van der Waals surface area (Å²) in [5, 5.41) is 10.5. The van der Waals surface area contributed by atoms with E-state index in [0.717, 1.165) is 12.1 Å². The standard InChI is InChI=1S/C17H13F2NO3S/c18-14-6-3-7-15(19)13(14)10-20-24(22,23)17-9-2-4-11-12(17)5-1-8-16(11)21/h1-9,20-21H,10H2. The van der Waals surface area contributed by atoms with Crippen molar-refractivity contribution in [3.8, 4) is 5.75 Å². The molecule has 0 heterocycles. The Bertz CT molecular complexity index is 999. The molecule has 0 aliphatic rings. The fraction of sp³-hybridized carbons (Fsp3) is 0.0588. The van der Waals surface area contributed by atoms with Crippen molar-refractivity contribution in [2.24, 2.45) is 0 Å². The van der Waals surface area contributed by atoms with Crippen molar-refractivity contribution in [3.63, 3.8) is 0 Å². The van der Waals surface area contributed by atoms with E-state index in [4.69, 9.17) is 0 Å². The molecule has 0 spiro atoms. The lowest BCUT2D eigenvalue weighted by Crippen LogP contribution is -2.24. The maximum atomic E-state index is 13.6. The monoisotopic (exact) mass is 349 g/mol. The molecule has 3 rings (SSSR count). The lowest BCUT2D eigenvalue weighted by Gasteiger charge is -2.11. The highest BCUT2D eigenvalue weighted by Crippen LogP contribution is 2.29. The summed E-state index contributed by atoms with van der Waals surface area (Å²) in [5.74, 6) is -1.70. The number of hydrogen-bond donors (Lipinski definition) is 2. The molecule has 124 valence electrons. The van der Waals surface area contributed by atoms with Crippen LogP contribution in [0.25, 0.3) is 10.8 Å². The smallest absolute Gasteiger partial charge is 0.241 e. The van der Waals surface area contributed by atoms with Crippen LogP contribution in [0, 0.1) is 11.6 Å². The Morgan fingerprint density at radius 3 is 2.17 bits per heavy atom. The topological polar surface area (TPSA) is 66.4 Å². The first kappa shape index (κ1) is 16.4. The lowest BCUT2D eigenvalue weighted by molar-refractivity contribution is 0.481. The van der Waals surface area contributed by atoms with Gasteiger partial charge in [0.2, 0.25) is 10.0 Å². The van der Waals surface area contributed by atoms with Crippen molar-refractivity contribution in [2.75, 3.05) is 0 Å². The second-order valence-corrected chi connectivity index (χ2v) is 6.89. The minimum atomic E-state index is -4.03. The molecule has 4 nitrogen and oxygen atoms in total. The summed E-state index contributed by atoms with van der Waals surface area (Å²) in [6, 6.07) is 12.3. The zero-order chi connectivity index (χ0) is 17.3. The van der Waals surface area contributed by atoms with Gasteiger partial charge in [-0.05, 0) is 24.3 Å². The van der Waals surface area contributed by atoms with Gasteiger partial charge in [0.05, 0.1) is 4.90 Å². The molecule has 2 N–H and O–H groups in total. The highest BCUT2D eigenvalue weighted by atomic mass is 32.2. The number of sulfonamides is 1. The molecule has 7 heteroatoms. The minimum absolute atomic E-state index is 0.0512. The number of aromatic hydroxyl groups is 1. The van der Waals surface area contributed by atoms with Gasteiger partial charge in [0.25, 0.3) is 0 Å². The third-order valence-electron chi connectivity index (χ3n) is 3.65. The van der Waals surface area contributed by atoms with Crippen LogP contribution in [-0.4, -0.2) is 13.5 Å². The zero-order valence-corrected chi connectivity index (χ0v) is 13.1. The molecule has 0 unspecified atom stereocenters. The number of nitrogens with one attached hydrogen (secondary N) is 1. The summed E-state index contributed by atoms with van der Waals surface area (Å²) in [4.78, 5) is -0.0763. The molecule has 0 atom stereocenters. The summed E-state index contributed by atoms with van der Waals surface area (Å²) in [5.41, 5.74) is -0.357. The SMILES string of the molecule is O=S(=O)(NCc1c(F)cccc1F)c1cccc2c(O)cccc12. The van der Waals surface area contributed by atoms with Gasteiger partial charge in [-0.15, -0.1) is 0 Å². The van der Waals surface area contributed by atoms with Crippen LogP contribution in [0.1, 0.15) is 5.56 Å². The van der Waals surface area contributed by atoms with Crippen molar-refractivity contribution in [3.05, 3.63) is 71.8 Å². The predicted molar refractivity (Wildman–Crippen MR) is 86.0 cm³/mol. The van der Waals surface area contributed by atoms with Gasteiger partial charge in [0.15, 0.2) is 0 Å². The fourth-order valence-electron chi connectivity index (χ4n) is 2.45. The molecule has 0 saturated carbocycles. The quantitative estimate of drug-likeness (QED) is 0.759. The maximum Gasteiger partial charge on any atom is 0.241 e. The Labute approximate surface area is 137 Å². The summed E-state index contributed by atoms with van der Waals surface area (Å²) in [7, 11) is -4.03. The maximum absolute atomic E-state index is 13.6. The average molecular weight is 349 g/mol. The Morgan fingerprint density at radius 2 is 1.46 bits per heavy atom.